The molecule has 0 atom stereocenters. The summed E-state index contributed by atoms with van der Waals surface area (Å²) in [7, 11) is 1.61. The molecular weight excluding hydrogens is 338 g/mol. The summed E-state index contributed by atoms with van der Waals surface area (Å²) in [5, 5.41) is 2.97. The zero-order chi connectivity index (χ0) is 19.2. The number of aromatic nitrogens is 2. The monoisotopic (exact) mass is 363 g/mol. The van der Waals surface area contributed by atoms with E-state index in [9.17, 15) is 4.79 Å². The summed E-state index contributed by atoms with van der Waals surface area (Å²) < 4.78 is 7.32. The number of carbonyl (C=O) groups excluding carboxylic acids is 1. The van der Waals surface area contributed by atoms with Crippen molar-refractivity contribution in [3.05, 3.63) is 72.1 Å². The van der Waals surface area contributed by atoms with E-state index in [1.54, 1.807) is 31.4 Å². The number of carbonyl (C=O) groups is 1. The van der Waals surface area contributed by atoms with Crippen LogP contribution in [0.1, 0.15) is 29.5 Å². The number of imidazole rings is 1. The molecule has 140 valence electrons. The first-order valence-corrected chi connectivity index (χ1v) is 9.09. The summed E-state index contributed by atoms with van der Waals surface area (Å²) in [4.78, 5) is 17.0. The van der Waals surface area contributed by atoms with Crippen LogP contribution in [0.15, 0.2) is 60.7 Å². The van der Waals surface area contributed by atoms with Crippen LogP contribution in [0.25, 0.3) is 11.0 Å². The summed E-state index contributed by atoms with van der Waals surface area (Å²) in [5.74, 6) is 1.69. The van der Waals surface area contributed by atoms with Gasteiger partial charge in [0.25, 0.3) is 5.91 Å². The van der Waals surface area contributed by atoms with Gasteiger partial charge >= 0.3 is 0 Å². The average molecular weight is 363 g/mol. The highest BCUT2D eigenvalue weighted by molar-refractivity contribution is 5.94. The molecule has 0 saturated heterocycles. The molecule has 0 fully saturated rings. The first-order chi connectivity index (χ1) is 13.1. The van der Waals surface area contributed by atoms with Gasteiger partial charge in [0, 0.05) is 25.1 Å². The highest BCUT2D eigenvalue weighted by atomic mass is 16.5. The van der Waals surface area contributed by atoms with Crippen molar-refractivity contribution in [2.24, 2.45) is 0 Å². The molecule has 0 radical (unpaired) electrons. The molecule has 1 aromatic heterocycles. The lowest BCUT2D eigenvalue weighted by molar-refractivity contribution is 0.0953. The Labute approximate surface area is 159 Å². The van der Waals surface area contributed by atoms with Crippen LogP contribution in [0.5, 0.6) is 5.75 Å². The van der Waals surface area contributed by atoms with Gasteiger partial charge in [-0.15, -0.1) is 0 Å². The number of aryl methyl sites for hydroxylation is 1. The largest absolute Gasteiger partial charge is 0.497 e. The maximum atomic E-state index is 12.2. The van der Waals surface area contributed by atoms with Gasteiger partial charge in [0.2, 0.25) is 0 Å². The Morgan fingerprint density at radius 2 is 1.93 bits per heavy atom. The van der Waals surface area contributed by atoms with Crippen LogP contribution >= 0.6 is 0 Å². The minimum Gasteiger partial charge on any atom is -0.497 e. The van der Waals surface area contributed by atoms with Crippen LogP contribution in [0.4, 0.5) is 0 Å². The van der Waals surface area contributed by atoms with Gasteiger partial charge in [-0.25, -0.2) is 4.98 Å². The number of methoxy groups -OCH3 is 1. The van der Waals surface area contributed by atoms with Crippen molar-refractivity contribution < 1.29 is 9.53 Å². The number of rotatable bonds is 8. The first kappa shape index (κ1) is 18.7. The number of hydrogen-bond donors (Lipinski definition) is 1. The molecular formula is C22H25N3O2. The number of hydrogen-bond acceptors (Lipinski definition) is 3. The summed E-state index contributed by atoms with van der Waals surface area (Å²) in [5.41, 5.74) is 3.84. The van der Waals surface area contributed by atoms with Crippen LogP contribution in [0.3, 0.4) is 0 Å². The van der Waals surface area contributed by atoms with E-state index >= 15 is 0 Å². The lowest BCUT2D eigenvalue weighted by atomic mass is 10.2. The van der Waals surface area contributed by atoms with Crippen molar-refractivity contribution in [1.82, 2.24) is 14.9 Å². The predicted octanol–water partition coefficient (Wildman–Crippen LogP) is 3.98. The van der Waals surface area contributed by atoms with Gasteiger partial charge < -0.3 is 14.6 Å². The summed E-state index contributed by atoms with van der Waals surface area (Å²) in [6.45, 7) is 7.41. The molecule has 1 amide bonds. The molecule has 0 aliphatic carbocycles. The maximum absolute atomic E-state index is 12.2. The van der Waals surface area contributed by atoms with Crippen LogP contribution in [-0.2, 0) is 13.0 Å². The van der Waals surface area contributed by atoms with E-state index in [0.717, 1.165) is 47.6 Å². The van der Waals surface area contributed by atoms with Gasteiger partial charge in [-0.2, -0.15) is 0 Å². The Kier molecular flexibility index (Phi) is 5.91. The van der Waals surface area contributed by atoms with E-state index in [2.05, 4.69) is 22.5 Å². The standard InChI is InChI=1S/C22H25N3O2/c1-16(2)15-25-20-8-5-4-7-19(20)24-21(25)9-6-14-23-22(26)17-10-12-18(27-3)13-11-17/h4-5,7-8,10-13H,1,6,9,14-15H2,2-3H3,(H,23,26). The van der Waals surface area contributed by atoms with Gasteiger partial charge in [0.05, 0.1) is 18.1 Å². The Bertz CT molecular complexity index is 942. The fourth-order valence-electron chi connectivity index (χ4n) is 3.06. The molecule has 27 heavy (non-hydrogen) atoms. The Morgan fingerprint density at radius 3 is 2.63 bits per heavy atom. The summed E-state index contributed by atoms with van der Waals surface area (Å²) in [6.07, 6.45) is 1.62. The average Bonchev–Trinajstić information content (AvgIpc) is 3.02. The first-order valence-electron chi connectivity index (χ1n) is 9.09. The van der Waals surface area contributed by atoms with Crippen molar-refractivity contribution in [2.45, 2.75) is 26.3 Å². The lowest BCUT2D eigenvalue weighted by Crippen LogP contribution is -2.25. The third kappa shape index (κ3) is 4.56. The molecule has 5 heteroatoms. The minimum atomic E-state index is -0.0758. The summed E-state index contributed by atoms with van der Waals surface area (Å²) >= 11 is 0. The van der Waals surface area contributed by atoms with Crippen molar-refractivity contribution in [2.75, 3.05) is 13.7 Å². The zero-order valence-electron chi connectivity index (χ0n) is 15.9. The molecule has 0 aliphatic rings. The van der Waals surface area contributed by atoms with Crippen LogP contribution < -0.4 is 10.1 Å². The second-order valence-corrected chi connectivity index (χ2v) is 6.65. The smallest absolute Gasteiger partial charge is 0.251 e. The third-order valence-electron chi connectivity index (χ3n) is 4.38. The van der Waals surface area contributed by atoms with Crippen molar-refractivity contribution >= 4 is 16.9 Å². The van der Waals surface area contributed by atoms with Gasteiger partial charge in [0.15, 0.2) is 0 Å². The second kappa shape index (κ2) is 8.54. The normalized spacial score (nSPS) is 10.7. The maximum Gasteiger partial charge on any atom is 0.251 e. The quantitative estimate of drug-likeness (QED) is 0.486. The molecule has 0 bridgehead atoms. The molecule has 0 saturated carbocycles. The molecule has 0 spiro atoms. The molecule has 0 aliphatic heterocycles. The lowest BCUT2D eigenvalue weighted by Gasteiger charge is -2.10. The van der Waals surface area contributed by atoms with Gasteiger partial charge in [-0.05, 0) is 49.7 Å². The van der Waals surface area contributed by atoms with Crippen molar-refractivity contribution in [3.63, 3.8) is 0 Å². The van der Waals surface area contributed by atoms with Crippen LogP contribution in [0.2, 0.25) is 0 Å². The fourth-order valence-corrected chi connectivity index (χ4v) is 3.06. The van der Waals surface area contributed by atoms with Gasteiger partial charge in [0.1, 0.15) is 11.6 Å². The molecule has 1 N–H and O–H groups in total. The van der Waals surface area contributed by atoms with E-state index in [1.165, 1.54) is 0 Å². The Balaban J connectivity index is 1.60. The van der Waals surface area contributed by atoms with Gasteiger partial charge in [-0.1, -0.05) is 24.3 Å². The number of benzene rings is 2. The number of nitrogens with zero attached hydrogens (tertiary/aromatic N) is 2. The van der Waals surface area contributed by atoms with E-state index < -0.39 is 0 Å². The molecule has 3 rings (SSSR count). The Hall–Kier alpha value is -3.08. The summed E-state index contributed by atoms with van der Waals surface area (Å²) in [6, 6.07) is 15.2. The van der Waals surface area contributed by atoms with E-state index in [0.29, 0.717) is 12.1 Å². The molecule has 1 heterocycles. The topological polar surface area (TPSA) is 56.2 Å². The highest BCUT2D eigenvalue weighted by Gasteiger charge is 2.11. The van der Waals surface area contributed by atoms with Crippen molar-refractivity contribution in [3.8, 4) is 5.75 Å². The number of amides is 1. The molecule has 0 unspecified atom stereocenters. The van der Waals surface area contributed by atoms with Crippen molar-refractivity contribution in [1.29, 1.82) is 0 Å². The molecule has 2 aromatic carbocycles. The van der Waals surface area contributed by atoms with Crippen LogP contribution in [0, 0.1) is 0 Å². The molecule has 3 aromatic rings. The minimum absolute atomic E-state index is 0.0758. The van der Waals surface area contributed by atoms with E-state index in [1.807, 2.05) is 25.1 Å². The number of fused-ring (bicyclic) bond motifs is 1. The predicted molar refractivity (Wildman–Crippen MR) is 108 cm³/mol. The van der Waals surface area contributed by atoms with Gasteiger partial charge in [-0.3, -0.25) is 4.79 Å². The number of nitrogens with one attached hydrogen (secondary N) is 1. The zero-order valence-corrected chi connectivity index (χ0v) is 15.9. The Morgan fingerprint density at radius 1 is 1.19 bits per heavy atom. The number of ether oxygens (including phenoxy) is 1. The van der Waals surface area contributed by atoms with Crippen LogP contribution in [-0.4, -0.2) is 29.1 Å². The fraction of sp³-hybridized carbons (Fsp3) is 0.273. The van der Waals surface area contributed by atoms with E-state index in [4.69, 9.17) is 9.72 Å². The second-order valence-electron chi connectivity index (χ2n) is 6.65. The number of allylic oxidation sites excluding steroid dienone is 1. The number of para-hydroxylation sites is 2. The highest BCUT2D eigenvalue weighted by Crippen LogP contribution is 2.18. The SMILES string of the molecule is C=C(C)Cn1c(CCCNC(=O)c2ccc(OC)cc2)nc2ccccc21. The molecule has 5 nitrogen and oxygen atoms in total. The van der Waals surface area contributed by atoms with E-state index in [-0.39, 0.29) is 5.91 Å². The third-order valence-corrected chi connectivity index (χ3v) is 4.38.